The second-order valence-corrected chi connectivity index (χ2v) is 5.92. The summed E-state index contributed by atoms with van der Waals surface area (Å²) < 4.78 is 19.5. The Morgan fingerprint density at radius 3 is 2.72 bits per heavy atom. The molecule has 0 amide bonds. The topological polar surface area (TPSA) is 35.2 Å². The minimum atomic E-state index is -0.253. The van der Waals surface area contributed by atoms with Crippen molar-refractivity contribution in [3.8, 4) is 0 Å². The molecular formula is C14H19BrFNO. The predicted molar refractivity (Wildman–Crippen MR) is 73.8 cm³/mol. The maximum Gasteiger partial charge on any atom is 0.137 e. The summed E-state index contributed by atoms with van der Waals surface area (Å²) in [5.41, 5.74) is 6.93. The van der Waals surface area contributed by atoms with Gasteiger partial charge in [-0.15, -0.1) is 0 Å². The summed E-state index contributed by atoms with van der Waals surface area (Å²) in [6.45, 7) is 0.952. The zero-order chi connectivity index (χ0) is 13.0. The number of benzene rings is 1. The smallest absolute Gasteiger partial charge is 0.137 e. The highest BCUT2D eigenvalue weighted by Gasteiger charge is 2.27. The Hall–Kier alpha value is -0.450. The second kappa shape index (κ2) is 6.13. The Bertz CT molecular complexity index is 405. The molecule has 0 unspecified atom stereocenters. The molecule has 0 heterocycles. The van der Waals surface area contributed by atoms with Crippen molar-refractivity contribution in [2.24, 2.45) is 5.73 Å². The van der Waals surface area contributed by atoms with Gasteiger partial charge in [0.1, 0.15) is 5.82 Å². The predicted octanol–water partition coefficient (Wildman–Crippen LogP) is 3.77. The van der Waals surface area contributed by atoms with Crippen LogP contribution >= 0.6 is 15.9 Å². The van der Waals surface area contributed by atoms with Gasteiger partial charge in [-0.2, -0.15) is 0 Å². The van der Waals surface area contributed by atoms with Gasteiger partial charge in [-0.3, -0.25) is 0 Å². The van der Waals surface area contributed by atoms with Gasteiger partial charge in [0, 0.05) is 5.54 Å². The van der Waals surface area contributed by atoms with Crippen LogP contribution in [-0.2, 0) is 11.3 Å². The first-order valence-electron chi connectivity index (χ1n) is 6.40. The average molecular weight is 316 g/mol. The first kappa shape index (κ1) is 14.0. The Morgan fingerprint density at radius 2 is 2.00 bits per heavy atom. The molecule has 0 spiro atoms. The zero-order valence-electron chi connectivity index (χ0n) is 10.4. The molecule has 1 aromatic carbocycles. The lowest BCUT2D eigenvalue weighted by molar-refractivity contribution is 0.0570. The van der Waals surface area contributed by atoms with Crippen LogP contribution in [0.25, 0.3) is 0 Å². The van der Waals surface area contributed by atoms with Crippen LogP contribution in [0, 0.1) is 5.82 Å². The molecule has 0 radical (unpaired) electrons. The standard InChI is InChI=1S/C14H19BrFNO/c15-13-11(5-4-6-12(13)16)9-18-10-14(17)7-2-1-3-8-14/h4-6H,1-3,7-10,17H2. The number of ether oxygens (including phenoxy) is 1. The van der Waals surface area contributed by atoms with Crippen molar-refractivity contribution in [3.05, 3.63) is 34.1 Å². The monoisotopic (exact) mass is 315 g/mol. The van der Waals surface area contributed by atoms with E-state index in [0.29, 0.717) is 17.7 Å². The molecule has 18 heavy (non-hydrogen) atoms. The van der Waals surface area contributed by atoms with Crippen LogP contribution in [0.3, 0.4) is 0 Å². The number of hydrogen-bond acceptors (Lipinski definition) is 2. The molecule has 2 nitrogen and oxygen atoms in total. The Labute approximate surface area is 116 Å². The molecule has 1 aromatic rings. The molecule has 0 atom stereocenters. The van der Waals surface area contributed by atoms with Crippen LogP contribution in [-0.4, -0.2) is 12.1 Å². The normalized spacial score (nSPS) is 18.8. The average Bonchev–Trinajstić information content (AvgIpc) is 2.35. The van der Waals surface area contributed by atoms with Crippen LogP contribution < -0.4 is 5.73 Å². The van der Waals surface area contributed by atoms with Crippen molar-refractivity contribution in [2.45, 2.75) is 44.2 Å². The highest BCUT2D eigenvalue weighted by atomic mass is 79.9. The van der Waals surface area contributed by atoms with Gasteiger partial charge in [-0.1, -0.05) is 31.4 Å². The van der Waals surface area contributed by atoms with Gasteiger partial charge in [-0.25, -0.2) is 4.39 Å². The fourth-order valence-corrected chi connectivity index (χ4v) is 2.80. The maximum atomic E-state index is 13.3. The van der Waals surface area contributed by atoms with Crippen LogP contribution in [0.15, 0.2) is 22.7 Å². The Kier molecular flexibility index (Phi) is 4.76. The van der Waals surface area contributed by atoms with Crippen molar-refractivity contribution in [2.75, 3.05) is 6.61 Å². The van der Waals surface area contributed by atoms with Gasteiger partial charge >= 0.3 is 0 Å². The van der Waals surface area contributed by atoms with E-state index in [-0.39, 0.29) is 11.4 Å². The Balaban J connectivity index is 1.86. The summed E-state index contributed by atoms with van der Waals surface area (Å²) in [5, 5.41) is 0. The lowest BCUT2D eigenvalue weighted by Gasteiger charge is -2.33. The summed E-state index contributed by atoms with van der Waals surface area (Å²) in [6, 6.07) is 4.98. The Morgan fingerprint density at radius 1 is 1.28 bits per heavy atom. The summed E-state index contributed by atoms with van der Waals surface area (Å²) in [6.07, 6.45) is 5.69. The molecule has 1 fully saturated rings. The van der Waals surface area contributed by atoms with E-state index in [4.69, 9.17) is 10.5 Å². The molecule has 0 aromatic heterocycles. The third-order valence-corrected chi connectivity index (χ3v) is 4.42. The first-order valence-corrected chi connectivity index (χ1v) is 7.20. The van der Waals surface area contributed by atoms with E-state index in [9.17, 15) is 4.39 Å². The molecule has 2 rings (SSSR count). The highest BCUT2D eigenvalue weighted by molar-refractivity contribution is 9.10. The van der Waals surface area contributed by atoms with Gasteiger partial charge in [0.2, 0.25) is 0 Å². The van der Waals surface area contributed by atoms with Crippen molar-refractivity contribution >= 4 is 15.9 Å². The van der Waals surface area contributed by atoms with Crippen molar-refractivity contribution in [1.82, 2.24) is 0 Å². The van der Waals surface area contributed by atoms with Crippen LogP contribution in [0.5, 0.6) is 0 Å². The molecule has 4 heteroatoms. The van der Waals surface area contributed by atoms with Gasteiger partial charge in [0.25, 0.3) is 0 Å². The van der Waals surface area contributed by atoms with Crippen molar-refractivity contribution in [1.29, 1.82) is 0 Å². The maximum absolute atomic E-state index is 13.3. The minimum absolute atomic E-state index is 0.182. The summed E-state index contributed by atoms with van der Waals surface area (Å²) in [5.74, 6) is -0.253. The third kappa shape index (κ3) is 3.53. The first-order chi connectivity index (χ1) is 8.61. The zero-order valence-corrected chi connectivity index (χ0v) is 12.0. The largest absolute Gasteiger partial charge is 0.375 e. The van der Waals surface area contributed by atoms with E-state index < -0.39 is 0 Å². The molecule has 2 N–H and O–H groups in total. The van der Waals surface area contributed by atoms with E-state index >= 15 is 0 Å². The molecule has 0 aliphatic heterocycles. The van der Waals surface area contributed by atoms with Gasteiger partial charge in [0.15, 0.2) is 0 Å². The number of nitrogens with two attached hydrogens (primary N) is 1. The fourth-order valence-electron chi connectivity index (χ4n) is 2.42. The molecule has 1 aliphatic rings. The number of halogens is 2. The van der Waals surface area contributed by atoms with Gasteiger partial charge in [0.05, 0.1) is 17.7 Å². The summed E-state index contributed by atoms with van der Waals surface area (Å²) in [7, 11) is 0. The van der Waals surface area contributed by atoms with E-state index in [2.05, 4.69) is 15.9 Å². The number of rotatable bonds is 4. The lowest BCUT2D eigenvalue weighted by atomic mass is 9.83. The molecule has 1 saturated carbocycles. The van der Waals surface area contributed by atoms with Crippen LogP contribution in [0.2, 0.25) is 0 Å². The fraction of sp³-hybridized carbons (Fsp3) is 0.571. The third-order valence-electron chi connectivity index (χ3n) is 3.53. The van der Waals surface area contributed by atoms with Gasteiger partial charge in [-0.05, 0) is 40.4 Å². The quantitative estimate of drug-likeness (QED) is 0.918. The lowest BCUT2D eigenvalue weighted by Crippen LogP contribution is -2.46. The number of hydrogen-bond donors (Lipinski definition) is 1. The molecule has 1 aliphatic carbocycles. The van der Waals surface area contributed by atoms with E-state index in [1.807, 2.05) is 6.07 Å². The SMILES string of the molecule is NC1(COCc2cccc(F)c2Br)CCCCC1. The van der Waals surface area contributed by atoms with Crippen molar-refractivity contribution in [3.63, 3.8) is 0 Å². The molecular weight excluding hydrogens is 297 g/mol. The summed E-state index contributed by atoms with van der Waals surface area (Å²) in [4.78, 5) is 0. The van der Waals surface area contributed by atoms with E-state index in [1.54, 1.807) is 6.07 Å². The highest BCUT2D eigenvalue weighted by Crippen LogP contribution is 2.27. The molecule has 0 saturated heterocycles. The summed E-state index contributed by atoms with van der Waals surface area (Å²) >= 11 is 3.23. The van der Waals surface area contributed by atoms with E-state index in [1.165, 1.54) is 25.3 Å². The van der Waals surface area contributed by atoms with Crippen LogP contribution in [0.1, 0.15) is 37.7 Å². The van der Waals surface area contributed by atoms with Crippen molar-refractivity contribution < 1.29 is 9.13 Å². The van der Waals surface area contributed by atoms with E-state index in [0.717, 1.165) is 18.4 Å². The van der Waals surface area contributed by atoms with Gasteiger partial charge < -0.3 is 10.5 Å². The second-order valence-electron chi connectivity index (χ2n) is 5.13. The molecule has 0 bridgehead atoms. The van der Waals surface area contributed by atoms with Crippen LogP contribution in [0.4, 0.5) is 4.39 Å². The minimum Gasteiger partial charge on any atom is -0.375 e. The molecule has 100 valence electrons.